The van der Waals surface area contributed by atoms with Crippen molar-refractivity contribution in [2.75, 3.05) is 50.1 Å². The number of aromatic nitrogens is 3. The van der Waals surface area contributed by atoms with Crippen molar-refractivity contribution in [1.82, 2.24) is 20.1 Å². The highest BCUT2D eigenvalue weighted by atomic mass is 19.1. The topological polar surface area (TPSA) is 109 Å². The molecule has 0 aliphatic carbocycles. The van der Waals surface area contributed by atoms with Gasteiger partial charge in [0.2, 0.25) is 0 Å². The van der Waals surface area contributed by atoms with Crippen molar-refractivity contribution in [3.05, 3.63) is 93.3 Å². The first-order valence-corrected chi connectivity index (χ1v) is 12.2. The minimum Gasteiger partial charge on any atom is -0.378 e. The van der Waals surface area contributed by atoms with E-state index in [-0.39, 0.29) is 17.0 Å². The van der Waals surface area contributed by atoms with Crippen LogP contribution in [0.15, 0.2) is 59.5 Å². The van der Waals surface area contributed by atoms with Crippen LogP contribution in [0.3, 0.4) is 0 Å². The number of hydrogen-bond acceptors (Lipinski definition) is 7. The van der Waals surface area contributed by atoms with Crippen molar-refractivity contribution in [2.45, 2.75) is 6.42 Å². The Morgan fingerprint density at radius 1 is 1.08 bits per heavy atom. The number of nitriles is 1. The van der Waals surface area contributed by atoms with Gasteiger partial charge in [0, 0.05) is 64.0 Å². The van der Waals surface area contributed by atoms with Crippen LogP contribution in [0.5, 0.6) is 0 Å². The monoisotopic (exact) mass is 511 g/mol. The number of pyridine rings is 1. The van der Waals surface area contributed by atoms with E-state index in [0.717, 1.165) is 11.5 Å². The van der Waals surface area contributed by atoms with Gasteiger partial charge in [-0.15, -0.1) is 0 Å². The fourth-order valence-electron chi connectivity index (χ4n) is 4.61. The number of anilines is 2. The van der Waals surface area contributed by atoms with Gasteiger partial charge < -0.3 is 14.7 Å². The molecular weight excluding hydrogens is 485 g/mol. The summed E-state index contributed by atoms with van der Waals surface area (Å²) in [5.41, 5.74) is 2.50. The number of carbonyl (C=O) groups is 1. The molecule has 2 aromatic carbocycles. The molecule has 1 aliphatic rings. The van der Waals surface area contributed by atoms with E-state index in [9.17, 15) is 14.0 Å². The van der Waals surface area contributed by atoms with Gasteiger partial charge in [-0.2, -0.15) is 10.4 Å². The van der Waals surface area contributed by atoms with E-state index in [1.54, 1.807) is 35.2 Å². The van der Waals surface area contributed by atoms with Gasteiger partial charge in [-0.05, 0) is 48.0 Å². The fraction of sp³-hybridized carbons (Fsp3) is 0.250. The maximum atomic E-state index is 14.8. The van der Waals surface area contributed by atoms with Crippen LogP contribution < -0.4 is 15.4 Å². The molecule has 5 rings (SSSR count). The minimum absolute atomic E-state index is 0.00941. The Kier molecular flexibility index (Phi) is 6.75. The van der Waals surface area contributed by atoms with Crippen LogP contribution in [0.2, 0.25) is 0 Å². The normalized spacial score (nSPS) is 13.4. The number of rotatable bonds is 5. The van der Waals surface area contributed by atoms with Crippen LogP contribution in [0, 0.1) is 17.1 Å². The second-order valence-corrected chi connectivity index (χ2v) is 9.41. The molecule has 1 amide bonds. The molecule has 1 saturated heterocycles. The van der Waals surface area contributed by atoms with Crippen LogP contribution >= 0.6 is 0 Å². The Hall–Kier alpha value is -4.78. The summed E-state index contributed by atoms with van der Waals surface area (Å²) in [5.74, 6) is -0.211. The van der Waals surface area contributed by atoms with Crippen molar-refractivity contribution < 1.29 is 9.18 Å². The summed E-state index contributed by atoms with van der Waals surface area (Å²) in [6.07, 6.45) is 1.85. The molecule has 9 nitrogen and oxygen atoms in total. The maximum Gasteiger partial charge on any atom is 0.272 e. The molecule has 0 bridgehead atoms. The first-order chi connectivity index (χ1) is 18.3. The largest absolute Gasteiger partial charge is 0.378 e. The number of amides is 1. The number of aromatic amines is 1. The van der Waals surface area contributed by atoms with Crippen LogP contribution in [0.25, 0.3) is 10.8 Å². The zero-order chi connectivity index (χ0) is 26.8. The van der Waals surface area contributed by atoms with Gasteiger partial charge in [0.25, 0.3) is 11.5 Å². The lowest BCUT2D eigenvalue weighted by molar-refractivity contribution is 0.0741. The van der Waals surface area contributed by atoms with Gasteiger partial charge in [-0.1, -0.05) is 6.07 Å². The summed E-state index contributed by atoms with van der Waals surface area (Å²) < 4.78 is 14.8. The van der Waals surface area contributed by atoms with E-state index in [2.05, 4.69) is 15.2 Å². The molecule has 38 heavy (non-hydrogen) atoms. The molecule has 1 aliphatic heterocycles. The smallest absolute Gasteiger partial charge is 0.272 e. The lowest BCUT2D eigenvalue weighted by atomic mass is 10.0. The Bertz CT molecular complexity index is 1600. The summed E-state index contributed by atoms with van der Waals surface area (Å²) in [6.45, 7) is 1.94. The molecule has 1 fully saturated rings. The number of carbonyl (C=O) groups excluding carboxylic acids is 1. The lowest BCUT2D eigenvalue weighted by Crippen LogP contribution is -2.49. The minimum atomic E-state index is -0.580. The average Bonchev–Trinajstić information content (AvgIpc) is 2.95. The van der Waals surface area contributed by atoms with E-state index >= 15 is 0 Å². The van der Waals surface area contributed by atoms with Gasteiger partial charge in [0.05, 0.1) is 22.2 Å². The van der Waals surface area contributed by atoms with E-state index in [1.165, 1.54) is 12.3 Å². The Labute approximate surface area is 218 Å². The van der Waals surface area contributed by atoms with Crippen molar-refractivity contribution >= 4 is 28.2 Å². The second-order valence-electron chi connectivity index (χ2n) is 9.41. The highest BCUT2D eigenvalue weighted by Gasteiger charge is 2.25. The zero-order valence-corrected chi connectivity index (χ0v) is 21.1. The first-order valence-electron chi connectivity index (χ1n) is 12.2. The van der Waals surface area contributed by atoms with Crippen molar-refractivity contribution in [2.24, 2.45) is 0 Å². The van der Waals surface area contributed by atoms with Crippen LogP contribution in [-0.4, -0.2) is 66.3 Å². The highest BCUT2D eigenvalue weighted by molar-refractivity contribution is 5.95. The van der Waals surface area contributed by atoms with Crippen molar-refractivity contribution in [3.8, 4) is 6.07 Å². The van der Waals surface area contributed by atoms with Gasteiger partial charge in [-0.3, -0.25) is 9.59 Å². The van der Waals surface area contributed by atoms with Crippen molar-refractivity contribution in [3.63, 3.8) is 0 Å². The lowest BCUT2D eigenvalue weighted by Gasteiger charge is -2.35. The molecule has 1 N–H and O–H groups in total. The van der Waals surface area contributed by atoms with E-state index in [1.807, 2.05) is 42.1 Å². The zero-order valence-electron chi connectivity index (χ0n) is 21.1. The molecule has 4 aromatic rings. The number of hydrogen-bond donors (Lipinski definition) is 1. The summed E-state index contributed by atoms with van der Waals surface area (Å²) in [5, 5.41) is 17.0. The summed E-state index contributed by atoms with van der Waals surface area (Å²) in [4.78, 5) is 35.5. The molecule has 0 atom stereocenters. The van der Waals surface area contributed by atoms with Crippen LogP contribution in [0.1, 0.15) is 27.2 Å². The molecule has 3 heterocycles. The van der Waals surface area contributed by atoms with Gasteiger partial charge >= 0.3 is 0 Å². The Morgan fingerprint density at radius 2 is 1.87 bits per heavy atom. The third-order valence-corrected chi connectivity index (χ3v) is 6.77. The number of H-pyrrole nitrogens is 1. The fourth-order valence-corrected chi connectivity index (χ4v) is 4.61. The molecule has 0 unspecified atom stereocenters. The molecule has 0 saturated carbocycles. The van der Waals surface area contributed by atoms with E-state index in [0.29, 0.717) is 60.2 Å². The molecule has 0 spiro atoms. The van der Waals surface area contributed by atoms with Crippen LogP contribution in [-0.2, 0) is 6.42 Å². The molecular formula is C28H26FN7O2. The predicted octanol–water partition coefficient (Wildman–Crippen LogP) is 2.95. The second kappa shape index (κ2) is 10.3. The van der Waals surface area contributed by atoms with Crippen molar-refractivity contribution in [1.29, 1.82) is 5.26 Å². The number of halogens is 1. The molecule has 192 valence electrons. The standard InChI is InChI=1S/C28H26FN7O2/c1-34(2)20-5-6-21-22(15-20)25(32-33-27(21)37)14-18-3-7-24(29)23(13-18)28(38)36-11-9-35(10-12-36)26-8-4-19(16-30)17-31-26/h3-8,13,15,17H,9-12,14H2,1-2H3,(H,33,37). The highest BCUT2D eigenvalue weighted by Crippen LogP contribution is 2.24. The SMILES string of the molecule is CN(C)c1ccc2c(=O)[nH]nc(Cc3ccc(F)c(C(=O)N4CCN(c5ccc(C#N)cn5)CC4)c3)c2c1. The Balaban J connectivity index is 1.35. The molecule has 2 aromatic heterocycles. The third kappa shape index (κ3) is 4.91. The van der Waals surface area contributed by atoms with Gasteiger partial charge in [-0.25, -0.2) is 14.5 Å². The molecule has 10 heteroatoms. The Morgan fingerprint density at radius 3 is 2.55 bits per heavy atom. The van der Waals surface area contributed by atoms with Gasteiger partial charge in [0.15, 0.2) is 0 Å². The summed E-state index contributed by atoms with van der Waals surface area (Å²) in [7, 11) is 3.83. The summed E-state index contributed by atoms with van der Waals surface area (Å²) in [6, 6.07) is 15.6. The molecule has 0 radical (unpaired) electrons. The number of piperazine rings is 1. The third-order valence-electron chi connectivity index (χ3n) is 6.77. The number of nitrogens with zero attached hydrogens (tertiary/aromatic N) is 6. The average molecular weight is 512 g/mol. The van der Waals surface area contributed by atoms with Crippen LogP contribution in [0.4, 0.5) is 15.9 Å². The van der Waals surface area contributed by atoms with Gasteiger partial charge in [0.1, 0.15) is 17.7 Å². The summed E-state index contributed by atoms with van der Waals surface area (Å²) >= 11 is 0. The first kappa shape index (κ1) is 24.9. The number of fused-ring (bicyclic) bond motifs is 1. The van der Waals surface area contributed by atoms with E-state index in [4.69, 9.17) is 5.26 Å². The number of benzene rings is 2. The van der Waals surface area contributed by atoms with E-state index < -0.39 is 5.82 Å². The quantitative estimate of drug-likeness (QED) is 0.439. The number of nitrogens with one attached hydrogen (secondary N) is 1. The maximum absolute atomic E-state index is 14.8. The predicted molar refractivity (Wildman–Crippen MR) is 143 cm³/mol.